The Balaban J connectivity index is 2.99. The van der Waals surface area contributed by atoms with Crippen molar-refractivity contribution in [1.29, 1.82) is 0 Å². The Hall–Kier alpha value is -1.60. The van der Waals surface area contributed by atoms with Gasteiger partial charge in [-0.2, -0.15) is 0 Å². The molecule has 1 aromatic carbocycles. The van der Waals surface area contributed by atoms with Crippen LogP contribution in [0.5, 0.6) is 0 Å². The van der Waals surface area contributed by atoms with Gasteiger partial charge >= 0.3 is 5.97 Å². The molecule has 3 N–H and O–H groups in total. The van der Waals surface area contributed by atoms with E-state index in [-0.39, 0.29) is 22.1 Å². The van der Waals surface area contributed by atoms with E-state index in [4.69, 9.17) is 5.73 Å². The molecule has 6 nitrogen and oxygen atoms in total. The molecule has 0 aliphatic rings. The van der Waals surface area contributed by atoms with E-state index in [2.05, 4.69) is 9.46 Å². The number of methoxy groups -OCH3 is 1. The van der Waals surface area contributed by atoms with E-state index in [1.165, 1.54) is 25.3 Å². The molecule has 0 radical (unpaired) electrons. The highest BCUT2D eigenvalue weighted by atomic mass is 32.2. The van der Waals surface area contributed by atoms with Gasteiger partial charge in [0, 0.05) is 6.54 Å². The van der Waals surface area contributed by atoms with Crippen LogP contribution >= 0.6 is 0 Å². The van der Waals surface area contributed by atoms with Crippen LogP contribution in [-0.4, -0.2) is 28.0 Å². The van der Waals surface area contributed by atoms with E-state index < -0.39 is 16.0 Å². The largest absolute Gasteiger partial charge is 0.465 e. The van der Waals surface area contributed by atoms with E-state index in [1.807, 2.05) is 13.8 Å². The number of esters is 1. The predicted octanol–water partition coefficient (Wildman–Crippen LogP) is 1.38. The molecule has 1 atom stereocenters. The van der Waals surface area contributed by atoms with Gasteiger partial charge in [-0.25, -0.2) is 17.9 Å². The van der Waals surface area contributed by atoms with Gasteiger partial charge in [0.2, 0.25) is 10.0 Å². The Morgan fingerprint density at radius 3 is 2.60 bits per heavy atom. The van der Waals surface area contributed by atoms with Crippen molar-refractivity contribution in [1.82, 2.24) is 4.72 Å². The van der Waals surface area contributed by atoms with Crippen molar-refractivity contribution < 1.29 is 17.9 Å². The molecule has 0 saturated carbocycles. The van der Waals surface area contributed by atoms with Gasteiger partial charge in [0.1, 0.15) is 4.90 Å². The Bertz CT molecular complexity index is 584. The third-order valence-electron chi connectivity index (χ3n) is 3.04. The zero-order valence-corrected chi connectivity index (χ0v) is 12.7. The highest BCUT2D eigenvalue weighted by molar-refractivity contribution is 7.89. The van der Waals surface area contributed by atoms with Gasteiger partial charge in [-0.05, 0) is 24.1 Å². The summed E-state index contributed by atoms with van der Waals surface area (Å²) in [5, 5.41) is 0. The third-order valence-corrected chi connectivity index (χ3v) is 4.54. The number of ether oxygens (including phenoxy) is 1. The van der Waals surface area contributed by atoms with E-state index >= 15 is 0 Å². The maximum absolute atomic E-state index is 12.1. The second-order valence-corrected chi connectivity index (χ2v) is 6.34. The monoisotopic (exact) mass is 300 g/mol. The lowest BCUT2D eigenvalue weighted by Gasteiger charge is -2.12. The van der Waals surface area contributed by atoms with Crippen LogP contribution < -0.4 is 10.5 Å². The van der Waals surface area contributed by atoms with Crippen molar-refractivity contribution in [3.8, 4) is 0 Å². The van der Waals surface area contributed by atoms with Crippen molar-refractivity contribution in [3.63, 3.8) is 0 Å². The summed E-state index contributed by atoms with van der Waals surface area (Å²) in [6.07, 6.45) is 0.874. The van der Waals surface area contributed by atoms with Crippen LogP contribution in [0.1, 0.15) is 30.6 Å². The summed E-state index contributed by atoms with van der Waals surface area (Å²) < 4.78 is 31.3. The summed E-state index contributed by atoms with van der Waals surface area (Å²) in [6, 6.07) is 3.98. The van der Waals surface area contributed by atoms with Gasteiger partial charge in [-0.3, -0.25) is 0 Å². The van der Waals surface area contributed by atoms with Gasteiger partial charge in [0.15, 0.2) is 0 Å². The average Bonchev–Trinajstić information content (AvgIpc) is 2.43. The molecule has 0 heterocycles. The van der Waals surface area contributed by atoms with E-state index in [0.29, 0.717) is 6.54 Å². The van der Waals surface area contributed by atoms with Gasteiger partial charge in [0.05, 0.1) is 18.4 Å². The molecule has 0 aliphatic carbocycles. The predicted molar refractivity (Wildman–Crippen MR) is 76.8 cm³/mol. The number of nitrogens with one attached hydrogen (secondary N) is 1. The number of sulfonamides is 1. The molecule has 20 heavy (non-hydrogen) atoms. The van der Waals surface area contributed by atoms with Gasteiger partial charge in [-0.1, -0.05) is 20.3 Å². The number of hydrogen-bond acceptors (Lipinski definition) is 5. The maximum Gasteiger partial charge on any atom is 0.337 e. The molecule has 0 spiro atoms. The number of rotatable bonds is 6. The van der Waals surface area contributed by atoms with Crippen LogP contribution in [0.3, 0.4) is 0 Å². The zero-order valence-electron chi connectivity index (χ0n) is 11.8. The normalized spacial score (nSPS) is 12.9. The van der Waals surface area contributed by atoms with Gasteiger partial charge in [-0.15, -0.1) is 0 Å². The number of nitrogens with two attached hydrogens (primary N) is 1. The Morgan fingerprint density at radius 1 is 1.45 bits per heavy atom. The lowest BCUT2D eigenvalue weighted by molar-refractivity contribution is 0.0600. The van der Waals surface area contributed by atoms with Crippen LogP contribution in [0.4, 0.5) is 5.69 Å². The van der Waals surface area contributed by atoms with E-state index in [9.17, 15) is 13.2 Å². The lowest BCUT2D eigenvalue weighted by Crippen LogP contribution is -2.29. The molecular formula is C13H20N2O4S. The smallest absolute Gasteiger partial charge is 0.337 e. The van der Waals surface area contributed by atoms with Crippen molar-refractivity contribution in [3.05, 3.63) is 23.8 Å². The minimum atomic E-state index is -3.67. The fourth-order valence-electron chi connectivity index (χ4n) is 1.51. The molecule has 112 valence electrons. The summed E-state index contributed by atoms with van der Waals surface area (Å²) in [5.74, 6) is -0.325. The quantitative estimate of drug-likeness (QED) is 0.611. The number of hydrogen-bond donors (Lipinski definition) is 2. The SMILES string of the molecule is CCC(C)CNS(=O)(=O)c1ccc(C(=O)OC)cc1N. The van der Waals surface area contributed by atoms with E-state index in [0.717, 1.165) is 6.42 Å². The fourth-order valence-corrected chi connectivity index (χ4v) is 2.79. The summed E-state index contributed by atoms with van der Waals surface area (Å²) in [7, 11) is -2.43. The van der Waals surface area contributed by atoms with Crippen LogP contribution in [0.2, 0.25) is 0 Å². The molecule has 0 bridgehead atoms. The Labute approximate surface area is 119 Å². The first-order valence-electron chi connectivity index (χ1n) is 6.29. The van der Waals surface area contributed by atoms with Crippen molar-refractivity contribution >= 4 is 21.7 Å². The zero-order chi connectivity index (χ0) is 15.3. The van der Waals surface area contributed by atoms with Crippen LogP contribution in [-0.2, 0) is 14.8 Å². The second-order valence-electron chi connectivity index (χ2n) is 4.61. The minimum Gasteiger partial charge on any atom is -0.465 e. The molecule has 0 amide bonds. The molecule has 0 aliphatic heterocycles. The van der Waals surface area contributed by atoms with Crippen LogP contribution in [0.25, 0.3) is 0 Å². The minimum absolute atomic E-state index is 0.0181. The first-order valence-corrected chi connectivity index (χ1v) is 7.77. The number of carbonyl (C=O) groups excluding carboxylic acids is 1. The number of anilines is 1. The molecule has 0 saturated heterocycles. The van der Waals surface area contributed by atoms with Crippen molar-refractivity contribution in [2.24, 2.45) is 5.92 Å². The van der Waals surface area contributed by atoms with Crippen molar-refractivity contribution in [2.75, 3.05) is 19.4 Å². The lowest BCUT2D eigenvalue weighted by atomic mass is 10.1. The second kappa shape index (κ2) is 6.71. The molecule has 7 heteroatoms. The molecular weight excluding hydrogens is 280 g/mol. The highest BCUT2D eigenvalue weighted by Crippen LogP contribution is 2.20. The standard InChI is InChI=1S/C13H20N2O4S/c1-4-9(2)8-15-20(17,18)12-6-5-10(7-11(12)14)13(16)19-3/h5-7,9,15H,4,8,14H2,1-3H3. The molecule has 0 aromatic heterocycles. The highest BCUT2D eigenvalue weighted by Gasteiger charge is 2.19. The summed E-state index contributed by atoms with van der Waals surface area (Å²) in [4.78, 5) is 11.3. The molecule has 1 rings (SSSR count). The van der Waals surface area contributed by atoms with Crippen LogP contribution in [0.15, 0.2) is 23.1 Å². The Morgan fingerprint density at radius 2 is 2.10 bits per heavy atom. The third kappa shape index (κ3) is 3.94. The number of benzene rings is 1. The van der Waals surface area contributed by atoms with Crippen molar-refractivity contribution in [2.45, 2.75) is 25.2 Å². The fraction of sp³-hybridized carbons (Fsp3) is 0.462. The molecule has 1 unspecified atom stereocenters. The first-order chi connectivity index (χ1) is 9.31. The summed E-state index contributed by atoms with van der Waals surface area (Å²) >= 11 is 0. The summed E-state index contributed by atoms with van der Waals surface area (Å²) in [5.41, 5.74) is 5.94. The maximum atomic E-state index is 12.1. The average molecular weight is 300 g/mol. The first kappa shape index (κ1) is 16.5. The molecule has 0 fully saturated rings. The van der Waals surface area contributed by atoms with E-state index in [1.54, 1.807) is 0 Å². The Kier molecular flexibility index (Phi) is 5.52. The van der Waals surface area contributed by atoms with Gasteiger partial charge < -0.3 is 10.5 Å². The number of nitrogen functional groups attached to an aromatic ring is 1. The van der Waals surface area contributed by atoms with Gasteiger partial charge in [0.25, 0.3) is 0 Å². The topological polar surface area (TPSA) is 98.5 Å². The van der Waals surface area contributed by atoms with Crippen LogP contribution in [0, 0.1) is 5.92 Å². The molecule has 1 aromatic rings. The summed E-state index contributed by atoms with van der Waals surface area (Å²) in [6.45, 7) is 4.28. The number of carbonyl (C=O) groups is 1.